The normalized spacial score (nSPS) is 12.6. The highest BCUT2D eigenvalue weighted by Crippen LogP contribution is 2.16. The third-order valence-electron chi connectivity index (χ3n) is 2.06. The topological polar surface area (TPSA) is 43.1 Å². The molecule has 2 nitrogen and oxygen atoms in total. The Morgan fingerprint density at radius 2 is 2.14 bits per heavy atom. The predicted octanol–water partition coefficient (Wildman–Crippen LogP) is 2.43. The van der Waals surface area contributed by atoms with Gasteiger partial charge in [-0.25, -0.2) is 0 Å². The number of hydrogen-bond acceptors (Lipinski definition) is 2. The van der Waals surface area contributed by atoms with Gasteiger partial charge in [-0.2, -0.15) is 0 Å². The van der Waals surface area contributed by atoms with Crippen molar-refractivity contribution in [3.8, 4) is 0 Å². The van der Waals surface area contributed by atoms with E-state index in [-0.39, 0.29) is 5.78 Å². The fraction of sp³-hybridized carbons (Fsp3) is 0.364. The molecular formula is C11H14ClNO. The van der Waals surface area contributed by atoms with Gasteiger partial charge < -0.3 is 5.73 Å². The van der Waals surface area contributed by atoms with E-state index < -0.39 is 6.04 Å². The smallest absolute Gasteiger partial charge is 0.179 e. The number of halogens is 1. The van der Waals surface area contributed by atoms with E-state index in [4.69, 9.17) is 17.3 Å². The minimum absolute atomic E-state index is 0.0674. The molecule has 0 heterocycles. The van der Waals surface area contributed by atoms with Crippen molar-refractivity contribution in [2.24, 2.45) is 5.73 Å². The van der Waals surface area contributed by atoms with Gasteiger partial charge in [0, 0.05) is 10.6 Å². The molecule has 0 saturated carbocycles. The van der Waals surface area contributed by atoms with Gasteiger partial charge in [-0.15, -0.1) is 0 Å². The molecule has 0 spiro atoms. The second-order valence-corrected chi connectivity index (χ2v) is 3.79. The number of carbonyl (C=O) groups excluding carboxylic acids is 1. The van der Waals surface area contributed by atoms with E-state index in [2.05, 4.69) is 0 Å². The molecule has 3 heteroatoms. The zero-order valence-electron chi connectivity index (χ0n) is 8.38. The van der Waals surface area contributed by atoms with Crippen molar-refractivity contribution in [3.05, 3.63) is 34.3 Å². The van der Waals surface area contributed by atoms with Crippen LogP contribution in [0.1, 0.15) is 29.8 Å². The third kappa shape index (κ3) is 2.56. The van der Waals surface area contributed by atoms with Crippen LogP contribution in [0.4, 0.5) is 0 Å². The van der Waals surface area contributed by atoms with Crippen LogP contribution in [0.5, 0.6) is 0 Å². The highest BCUT2D eigenvalue weighted by molar-refractivity contribution is 6.31. The van der Waals surface area contributed by atoms with Gasteiger partial charge in [0.2, 0.25) is 0 Å². The number of Topliss-reactive ketones (excluding diaryl/α,β-unsaturated/α-hetero) is 1. The van der Waals surface area contributed by atoms with Crippen molar-refractivity contribution in [1.82, 2.24) is 0 Å². The van der Waals surface area contributed by atoms with Crippen molar-refractivity contribution < 1.29 is 4.79 Å². The van der Waals surface area contributed by atoms with E-state index in [1.165, 1.54) is 0 Å². The van der Waals surface area contributed by atoms with E-state index >= 15 is 0 Å². The molecule has 1 rings (SSSR count). The average Bonchev–Trinajstić information content (AvgIpc) is 2.15. The molecule has 2 N–H and O–H groups in total. The van der Waals surface area contributed by atoms with Crippen LogP contribution in [-0.4, -0.2) is 11.8 Å². The number of nitrogens with two attached hydrogens (primary N) is 1. The van der Waals surface area contributed by atoms with Crippen LogP contribution < -0.4 is 5.73 Å². The Kier molecular flexibility index (Phi) is 3.67. The molecule has 0 aliphatic carbocycles. The second-order valence-electron chi connectivity index (χ2n) is 3.35. The lowest BCUT2D eigenvalue weighted by atomic mass is 10.0. The highest BCUT2D eigenvalue weighted by Gasteiger charge is 2.11. The largest absolute Gasteiger partial charge is 0.321 e. The Morgan fingerprint density at radius 1 is 1.50 bits per heavy atom. The molecule has 0 amide bonds. The molecule has 0 bridgehead atoms. The Labute approximate surface area is 89.1 Å². The van der Waals surface area contributed by atoms with Crippen LogP contribution in [0, 0.1) is 0 Å². The summed E-state index contributed by atoms with van der Waals surface area (Å²) in [5.41, 5.74) is 7.18. The van der Waals surface area contributed by atoms with E-state index in [0.29, 0.717) is 10.6 Å². The van der Waals surface area contributed by atoms with Crippen LogP contribution in [0.2, 0.25) is 5.02 Å². The monoisotopic (exact) mass is 211 g/mol. The van der Waals surface area contributed by atoms with E-state index in [1.54, 1.807) is 13.0 Å². The molecule has 14 heavy (non-hydrogen) atoms. The summed E-state index contributed by atoms with van der Waals surface area (Å²) in [5.74, 6) is -0.0674. The van der Waals surface area contributed by atoms with Crippen LogP contribution in [0.3, 0.4) is 0 Å². The standard InChI is InChI=1S/C11H14ClNO/c1-3-8-4-9(6-10(12)5-8)11(14)7(2)13/h4-7H,3,13H2,1-2H3. The lowest BCUT2D eigenvalue weighted by molar-refractivity contribution is 0.0968. The summed E-state index contributed by atoms with van der Waals surface area (Å²) in [7, 11) is 0. The summed E-state index contributed by atoms with van der Waals surface area (Å²) in [5, 5.41) is 0.591. The van der Waals surface area contributed by atoms with Crippen molar-refractivity contribution in [1.29, 1.82) is 0 Å². The van der Waals surface area contributed by atoms with Crippen molar-refractivity contribution in [2.45, 2.75) is 26.3 Å². The Morgan fingerprint density at radius 3 is 2.64 bits per heavy atom. The summed E-state index contributed by atoms with van der Waals surface area (Å²) in [6, 6.07) is 4.89. The Bertz CT molecular complexity index is 347. The van der Waals surface area contributed by atoms with Gasteiger partial charge in [0.05, 0.1) is 6.04 Å². The van der Waals surface area contributed by atoms with Gasteiger partial charge >= 0.3 is 0 Å². The number of benzene rings is 1. The summed E-state index contributed by atoms with van der Waals surface area (Å²) < 4.78 is 0. The molecule has 1 unspecified atom stereocenters. The van der Waals surface area contributed by atoms with Crippen molar-refractivity contribution in [2.75, 3.05) is 0 Å². The molecule has 1 aromatic carbocycles. The Hall–Kier alpha value is -0.860. The van der Waals surface area contributed by atoms with Gasteiger partial charge in [-0.1, -0.05) is 18.5 Å². The first-order valence-corrected chi connectivity index (χ1v) is 5.01. The molecule has 0 aliphatic rings. The Balaban J connectivity index is 3.09. The van der Waals surface area contributed by atoms with E-state index in [1.807, 2.05) is 19.1 Å². The van der Waals surface area contributed by atoms with Crippen LogP contribution >= 0.6 is 11.6 Å². The molecule has 0 aromatic heterocycles. The van der Waals surface area contributed by atoms with Crippen LogP contribution in [-0.2, 0) is 6.42 Å². The summed E-state index contributed by atoms with van der Waals surface area (Å²) in [4.78, 5) is 11.6. The van der Waals surface area contributed by atoms with Gasteiger partial charge in [-0.05, 0) is 37.1 Å². The average molecular weight is 212 g/mol. The number of ketones is 1. The lowest BCUT2D eigenvalue weighted by Crippen LogP contribution is -2.26. The molecule has 0 fully saturated rings. The van der Waals surface area contributed by atoms with Crippen LogP contribution in [0.15, 0.2) is 18.2 Å². The first-order chi connectivity index (χ1) is 6.54. The van der Waals surface area contributed by atoms with E-state index in [0.717, 1.165) is 12.0 Å². The molecule has 1 aromatic rings. The molecule has 0 aliphatic heterocycles. The first kappa shape index (κ1) is 11.2. The van der Waals surface area contributed by atoms with Gasteiger partial charge in [-0.3, -0.25) is 4.79 Å². The maximum absolute atomic E-state index is 11.6. The van der Waals surface area contributed by atoms with Gasteiger partial charge in [0.15, 0.2) is 5.78 Å². The fourth-order valence-electron chi connectivity index (χ4n) is 1.26. The summed E-state index contributed by atoms with van der Waals surface area (Å²) >= 11 is 5.88. The number of hydrogen-bond donors (Lipinski definition) is 1. The highest BCUT2D eigenvalue weighted by atomic mass is 35.5. The number of rotatable bonds is 3. The maximum Gasteiger partial charge on any atom is 0.179 e. The van der Waals surface area contributed by atoms with Gasteiger partial charge in [0.1, 0.15) is 0 Å². The SMILES string of the molecule is CCc1cc(Cl)cc(C(=O)C(C)N)c1. The quantitative estimate of drug-likeness (QED) is 0.781. The predicted molar refractivity (Wildman–Crippen MR) is 58.8 cm³/mol. The first-order valence-electron chi connectivity index (χ1n) is 4.64. The molecule has 0 saturated heterocycles. The molecule has 0 radical (unpaired) electrons. The third-order valence-corrected chi connectivity index (χ3v) is 2.28. The van der Waals surface area contributed by atoms with Gasteiger partial charge in [0.25, 0.3) is 0 Å². The van der Waals surface area contributed by atoms with E-state index in [9.17, 15) is 4.79 Å². The second kappa shape index (κ2) is 4.58. The van der Waals surface area contributed by atoms with Crippen LogP contribution in [0.25, 0.3) is 0 Å². The minimum atomic E-state index is -0.474. The zero-order chi connectivity index (χ0) is 10.7. The van der Waals surface area contributed by atoms with Crippen molar-refractivity contribution in [3.63, 3.8) is 0 Å². The van der Waals surface area contributed by atoms with Crippen molar-refractivity contribution >= 4 is 17.4 Å². The maximum atomic E-state index is 11.6. The number of carbonyl (C=O) groups is 1. The summed E-state index contributed by atoms with van der Waals surface area (Å²) in [6.45, 7) is 3.70. The number of aryl methyl sites for hydroxylation is 1. The molecular weight excluding hydrogens is 198 g/mol. The zero-order valence-corrected chi connectivity index (χ0v) is 9.14. The molecule has 1 atom stereocenters. The lowest BCUT2D eigenvalue weighted by Gasteiger charge is -2.06. The minimum Gasteiger partial charge on any atom is -0.321 e. The molecule has 76 valence electrons. The summed E-state index contributed by atoms with van der Waals surface area (Å²) in [6.07, 6.45) is 0.861. The fourth-order valence-corrected chi connectivity index (χ4v) is 1.52.